The summed E-state index contributed by atoms with van der Waals surface area (Å²) in [6, 6.07) is 11.7. The van der Waals surface area contributed by atoms with Crippen molar-refractivity contribution in [3.8, 4) is 16.9 Å². The van der Waals surface area contributed by atoms with Crippen LogP contribution in [0.5, 0.6) is 5.75 Å². The molecule has 2 rings (SSSR count). The van der Waals surface area contributed by atoms with Crippen LogP contribution >= 0.6 is 0 Å². The van der Waals surface area contributed by atoms with Crippen LogP contribution < -0.4 is 10.6 Å². The maximum Gasteiger partial charge on any atom is 0.412 e. The number of benzene rings is 2. The van der Waals surface area contributed by atoms with Gasteiger partial charge in [-0.25, -0.2) is 9.59 Å². The predicted octanol–water partition coefficient (Wildman–Crippen LogP) is 5.75. The second-order valence-corrected chi connectivity index (χ2v) is 8.60. The van der Waals surface area contributed by atoms with Crippen LogP contribution in [0.25, 0.3) is 11.1 Å². The Balaban J connectivity index is 2.34. The van der Waals surface area contributed by atoms with Crippen LogP contribution in [0.2, 0.25) is 0 Å². The van der Waals surface area contributed by atoms with E-state index >= 15 is 0 Å². The normalized spacial score (nSPS) is 11.5. The molecule has 0 aromatic heterocycles. The van der Waals surface area contributed by atoms with Gasteiger partial charge in [-0.05, 0) is 83.0 Å². The van der Waals surface area contributed by atoms with E-state index in [0.29, 0.717) is 11.4 Å². The molecule has 156 valence electrons. The van der Waals surface area contributed by atoms with Crippen LogP contribution in [0.1, 0.15) is 41.5 Å². The van der Waals surface area contributed by atoms with Crippen molar-refractivity contribution < 1.29 is 24.2 Å². The van der Waals surface area contributed by atoms with Crippen LogP contribution in [0, 0.1) is 0 Å². The van der Waals surface area contributed by atoms with E-state index in [1.54, 1.807) is 84.0 Å². The Bertz CT molecular complexity index is 829. The SMILES string of the molecule is CC(C)(C)OC(=O)Nc1cc(NC(=O)OC(C)(C)C)cc(-c2ccc(O)cc2)c1. The highest BCUT2D eigenvalue weighted by Gasteiger charge is 2.19. The molecule has 0 heterocycles. The molecule has 0 atom stereocenters. The Morgan fingerprint density at radius 1 is 0.724 bits per heavy atom. The maximum absolute atomic E-state index is 12.2. The lowest BCUT2D eigenvalue weighted by Crippen LogP contribution is -2.28. The largest absolute Gasteiger partial charge is 0.508 e. The van der Waals surface area contributed by atoms with E-state index in [0.717, 1.165) is 11.1 Å². The summed E-state index contributed by atoms with van der Waals surface area (Å²) in [6.07, 6.45) is -1.22. The first-order valence-corrected chi connectivity index (χ1v) is 9.25. The van der Waals surface area contributed by atoms with Crippen molar-refractivity contribution in [3.63, 3.8) is 0 Å². The highest BCUT2D eigenvalue weighted by molar-refractivity contribution is 5.91. The lowest BCUT2D eigenvalue weighted by molar-refractivity contribution is 0.0625. The molecule has 0 radical (unpaired) electrons. The quantitative estimate of drug-likeness (QED) is 0.609. The molecule has 7 heteroatoms. The first kappa shape index (κ1) is 22.1. The number of anilines is 2. The Hall–Kier alpha value is -3.22. The number of carbonyl (C=O) groups excluding carboxylic acids is 2. The van der Waals surface area contributed by atoms with Crippen molar-refractivity contribution in [1.29, 1.82) is 0 Å². The second-order valence-electron chi connectivity index (χ2n) is 8.60. The van der Waals surface area contributed by atoms with Crippen LogP contribution in [0.15, 0.2) is 42.5 Å². The molecule has 2 aromatic carbocycles. The number of ether oxygens (including phenoxy) is 2. The van der Waals surface area contributed by atoms with E-state index in [9.17, 15) is 14.7 Å². The van der Waals surface area contributed by atoms with Gasteiger partial charge in [0.05, 0.1) is 0 Å². The second kappa shape index (κ2) is 8.43. The third-order valence-electron chi connectivity index (χ3n) is 3.42. The van der Waals surface area contributed by atoms with Crippen molar-refractivity contribution in [2.24, 2.45) is 0 Å². The van der Waals surface area contributed by atoms with Gasteiger partial charge < -0.3 is 14.6 Å². The lowest BCUT2D eigenvalue weighted by Gasteiger charge is -2.21. The molecule has 29 heavy (non-hydrogen) atoms. The van der Waals surface area contributed by atoms with E-state index in [4.69, 9.17) is 9.47 Å². The molecule has 0 saturated heterocycles. The summed E-state index contributed by atoms with van der Waals surface area (Å²) < 4.78 is 10.6. The first-order chi connectivity index (χ1) is 13.3. The number of aromatic hydroxyl groups is 1. The van der Waals surface area contributed by atoms with E-state index in [1.807, 2.05) is 0 Å². The van der Waals surface area contributed by atoms with Gasteiger partial charge in [0.15, 0.2) is 0 Å². The van der Waals surface area contributed by atoms with Gasteiger partial charge in [0.25, 0.3) is 0 Å². The Morgan fingerprint density at radius 2 is 1.14 bits per heavy atom. The number of carbonyl (C=O) groups is 2. The molecule has 3 N–H and O–H groups in total. The highest BCUT2D eigenvalue weighted by atomic mass is 16.6. The van der Waals surface area contributed by atoms with E-state index in [1.165, 1.54) is 0 Å². The Kier molecular flexibility index (Phi) is 6.41. The van der Waals surface area contributed by atoms with Crippen LogP contribution in [-0.4, -0.2) is 28.5 Å². The molecule has 2 amide bonds. The molecular weight excluding hydrogens is 372 g/mol. The maximum atomic E-state index is 12.2. The molecule has 0 saturated carbocycles. The van der Waals surface area contributed by atoms with Crippen LogP contribution in [0.3, 0.4) is 0 Å². The van der Waals surface area contributed by atoms with Gasteiger partial charge in [-0.3, -0.25) is 10.6 Å². The molecule has 0 spiro atoms. The number of amides is 2. The van der Waals surface area contributed by atoms with Crippen molar-refractivity contribution in [2.45, 2.75) is 52.7 Å². The Morgan fingerprint density at radius 3 is 1.52 bits per heavy atom. The molecule has 0 aliphatic carbocycles. The average molecular weight is 400 g/mol. The minimum Gasteiger partial charge on any atom is -0.508 e. The number of rotatable bonds is 3. The third-order valence-corrected chi connectivity index (χ3v) is 3.42. The van der Waals surface area contributed by atoms with Crippen molar-refractivity contribution >= 4 is 23.6 Å². The minimum atomic E-state index is -0.643. The predicted molar refractivity (Wildman–Crippen MR) is 113 cm³/mol. The fourth-order valence-corrected chi connectivity index (χ4v) is 2.44. The van der Waals surface area contributed by atoms with Gasteiger partial charge in [-0.1, -0.05) is 12.1 Å². The van der Waals surface area contributed by atoms with Gasteiger partial charge in [0.1, 0.15) is 17.0 Å². The van der Waals surface area contributed by atoms with Gasteiger partial charge in [-0.15, -0.1) is 0 Å². The molecule has 2 aromatic rings. The van der Waals surface area contributed by atoms with E-state index < -0.39 is 23.4 Å². The molecule has 0 aliphatic rings. The fourth-order valence-electron chi connectivity index (χ4n) is 2.44. The Labute approximate surface area is 171 Å². The monoisotopic (exact) mass is 400 g/mol. The van der Waals surface area contributed by atoms with Crippen molar-refractivity contribution in [2.75, 3.05) is 10.6 Å². The summed E-state index contributed by atoms with van der Waals surface area (Å²) in [5.41, 5.74) is 1.12. The smallest absolute Gasteiger partial charge is 0.412 e. The summed E-state index contributed by atoms with van der Waals surface area (Å²) in [4.78, 5) is 24.3. The van der Waals surface area contributed by atoms with E-state index in [-0.39, 0.29) is 5.75 Å². The zero-order chi connectivity index (χ0) is 21.8. The molecule has 7 nitrogen and oxygen atoms in total. The summed E-state index contributed by atoms with van der Waals surface area (Å²) in [5, 5.41) is 14.9. The number of hydrogen-bond donors (Lipinski definition) is 3. The van der Waals surface area contributed by atoms with Gasteiger partial charge in [0, 0.05) is 11.4 Å². The van der Waals surface area contributed by atoms with Gasteiger partial charge >= 0.3 is 12.2 Å². The highest BCUT2D eigenvalue weighted by Crippen LogP contribution is 2.29. The standard InChI is InChI=1S/C22H28N2O5/c1-21(2,3)28-19(26)23-16-11-15(14-7-9-18(25)10-8-14)12-17(13-16)24-20(27)29-22(4,5)6/h7-13,25H,1-6H3,(H,23,26)(H,24,27). The zero-order valence-corrected chi connectivity index (χ0v) is 17.6. The number of phenols is 1. The fraction of sp³-hybridized carbons (Fsp3) is 0.364. The van der Waals surface area contributed by atoms with Gasteiger partial charge in [-0.2, -0.15) is 0 Å². The van der Waals surface area contributed by atoms with Crippen molar-refractivity contribution in [1.82, 2.24) is 0 Å². The van der Waals surface area contributed by atoms with Crippen molar-refractivity contribution in [3.05, 3.63) is 42.5 Å². The summed E-state index contributed by atoms with van der Waals surface area (Å²) in [5.74, 6) is 0.142. The van der Waals surface area contributed by atoms with Crippen LogP contribution in [-0.2, 0) is 9.47 Å². The lowest BCUT2D eigenvalue weighted by atomic mass is 10.0. The molecule has 0 fully saturated rings. The molecule has 0 aliphatic heterocycles. The summed E-state index contributed by atoms with van der Waals surface area (Å²) in [6.45, 7) is 10.6. The topological polar surface area (TPSA) is 96.9 Å². The average Bonchev–Trinajstić information content (AvgIpc) is 2.51. The van der Waals surface area contributed by atoms with E-state index in [2.05, 4.69) is 10.6 Å². The zero-order valence-electron chi connectivity index (χ0n) is 17.6. The first-order valence-electron chi connectivity index (χ1n) is 9.25. The van der Waals surface area contributed by atoms with Gasteiger partial charge in [0.2, 0.25) is 0 Å². The number of nitrogens with one attached hydrogen (secondary N) is 2. The molecule has 0 unspecified atom stereocenters. The third kappa shape index (κ3) is 7.73. The number of hydrogen-bond acceptors (Lipinski definition) is 5. The summed E-state index contributed by atoms with van der Waals surface area (Å²) in [7, 11) is 0. The number of phenolic OH excluding ortho intramolecular Hbond substituents is 1. The molecular formula is C22H28N2O5. The summed E-state index contributed by atoms with van der Waals surface area (Å²) >= 11 is 0. The minimum absolute atomic E-state index is 0.142. The van der Waals surface area contributed by atoms with Crippen LogP contribution in [0.4, 0.5) is 21.0 Å². The molecule has 0 bridgehead atoms.